The van der Waals surface area contributed by atoms with Crippen molar-refractivity contribution in [3.05, 3.63) is 77.1 Å². The topological polar surface area (TPSA) is 23.6 Å². The SMILES string of the molecule is Cl.O=C([C@@H]1CCCN1Cc1ccccc1)N1CCC(=Cc2ccc(F)cc2)CC1. The molecule has 2 aliphatic heterocycles. The maximum atomic E-state index is 13.1. The highest BCUT2D eigenvalue weighted by Gasteiger charge is 2.34. The second-order valence-corrected chi connectivity index (χ2v) is 7.79. The lowest BCUT2D eigenvalue weighted by molar-refractivity contribution is -0.136. The Morgan fingerprint density at radius 1 is 1.00 bits per heavy atom. The second-order valence-electron chi connectivity index (χ2n) is 7.79. The highest BCUT2D eigenvalue weighted by molar-refractivity contribution is 5.85. The summed E-state index contributed by atoms with van der Waals surface area (Å²) in [5, 5.41) is 0. The maximum Gasteiger partial charge on any atom is 0.239 e. The number of piperidine rings is 1. The van der Waals surface area contributed by atoms with Gasteiger partial charge in [0.2, 0.25) is 5.91 Å². The van der Waals surface area contributed by atoms with Crippen molar-refractivity contribution in [3.63, 3.8) is 0 Å². The summed E-state index contributed by atoms with van der Waals surface area (Å²) in [5.74, 6) is 0.0773. The van der Waals surface area contributed by atoms with Gasteiger partial charge in [-0.3, -0.25) is 9.69 Å². The van der Waals surface area contributed by atoms with Gasteiger partial charge in [0.1, 0.15) is 5.82 Å². The summed E-state index contributed by atoms with van der Waals surface area (Å²) in [5.41, 5.74) is 3.63. The Morgan fingerprint density at radius 2 is 1.69 bits per heavy atom. The third kappa shape index (κ3) is 5.46. The molecule has 2 aliphatic rings. The van der Waals surface area contributed by atoms with Gasteiger partial charge in [0.15, 0.2) is 0 Å². The fourth-order valence-electron chi connectivity index (χ4n) is 4.28. The molecule has 3 nitrogen and oxygen atoms in total. The summed E-state index contributed by atoms with van der Waals surface area (Å²) in [4.78, 5) is 17.5. The lowest BCUT2D eigenvalue weighted by Gasteiger charge is -2.33. The van der Waals surface area contributed by atoms with Crippen LogP contribution in [-0.2, 0) is 11.3 Å². The highest BCUT2D eigenvalue weighted by Crippen LogP contribution is 2.25. The molecule has 0 unspecified atom stereocenters. The third-order valence-corrected chi connectivity index (χ3v) is 5.84. The number of rotatable bonds is 4. The van der Waals surface area contributed by atoms with E-state index in [-0.39, 0.29) is 30.2 Å². The van der Waals surface area contributed by atoms with E-state index in [4.69, 9.17) is 0 Å². The zero-order chi connectivity index (χ0) is 19.3. The first kappa shape index (κ1) is 21.5. The molecule has 1 atom stereocenters. The lowest BCUT2D eigenvalue weighted by atomic mass is 10.00. The van der Waals surface area contributed by atoms with Gasteiger partial charge in [-0.25, -0.2) is 4.39 Å². The molecule has 154 valence electrons. The Hall–Kier alpha value is -2.17. The minimum Gasteiger partial charge on any atom is -0.341 e. The monoisotopic (exact) mass is 414 g/mol. The number of hydrogen-bond donors (Lipinski definition) is 0. The highest BCUT2D eigenvalue weighted by atomic mass is 35.5. The minimum atomic E-state index is -0.209. The number of halogens is 2. The molecule has 2 aromatic rings. The van der Waals surface area contributed by atoms with Gasteiger partial charge in [-0.15, -0.1) is 12.4 Å². The van der Waals surface area contributed by atoms with Gasteiger partial charge < -0.3 is 4.90 Å². The second kappa shape index (κ2) is 10.0. The van der Waals surface area contributed by atoms with Gasteiger partial charge in [-0.05, 0) is 55.5 Å². The van der Waals surface area contributed by atoms with Gasteiger partial charge in [-0.1, -0.05) is 54.1 Å². The fraction of sp³-hybridized carbons (Fsp3) is 0.375. The largest absolute Gasteiger partial charge is 0.341 e. The van der Waals surface area contributed by atoms with Crippen molar-refractivity contribution in [3.8, 4) is 0 Å². The number of nitrogens with zero attached hydrogens (tertiary/aromatic N) is 2. The van der Waals surface area contributed by atoms with Crippen LogP contribution in [0.4, 0.5) is 4.39 Å². The van der Waals surface area contributed by atoms with E-state index >= 15 is 0 Å². The van der Waals surface area contributed by atoms with Crippen LogP contribution in [0, 0.1) is 5.82 Å². The molecule has 0 saturated carbocycles. The average Bonchev–Trinajstić information content (AvgIpc) is 3.18. The standard InChI is InChI=1S/C24H27FN2O.ClH/c25-22-10-8-19(9-11-22)17-20-12-15-26(16-13-20)24(28)23-7-4-14-27(23)18-21-5-2-1-3-6-21;/h1-3,5-6,8-11,17,23H,4,7,12-16,18H2;1H/t23-;/m0./s1. The van der Waals surface area contributed by atoms with Crippen LogP contribution in [0.3, 0.4) is 0 Å². The van der Waals surface area contributed by atoms with E-state index in [1.54, 1.807) is 12.1 Å². The smallest absolute Gasteiger partial charge is 0.239 e. The number of benzene rings is 2. The molecule has 1 amide bonds. The molecule has 0 aromatic heterocycles. The first-order valence-corrected chi connectivity index (χ1v) is 10.2. The molecule has 2 saturated heterocycles. The summed E-state index contributed by atoms with van der Waals surface area (Å²) < 4.78 is 13.1. The summed E-state index contributed by atoms with van der Waals surface area (Å²) in [6, 6.07) is 17.0. The Kier molecular flexibility index (Phi) is 7.45. The summed E-state index contributed by atoms with van der Waals surface area (Å²) in [7, 11) is 0. The van der Waals surface area contributed by atoms with Crippen LogP contribution in [0.2, 0.25) is 0 Å². The number of likely N-dealkylation sites (tertiary alicyclic amines) is 2. The van der Waals surface area contributed by atoms with Crippen LogP contribution in [-0.4, -0.2) is 41.4 Å². The number of carbonyl (C=O) groups excluding carboxylic acids is 1. The van der Waals surface area contributed by atoms with E-state index in [2.05, 4.69) is 35.2 Å². The molecule has 29 heavy (non-hydrogen) atoms. The summed E-state index contributed by atoms with van der Waals surface area (Å²) >= 11 is 0. The molecule has 5 heteroatoms. The molecule has 0 aliphatic carbocycles. The average molecular weight is 415 g/mol. The molecular weight excluding hydrogens is 387 g/mol. The predicted molar refractivity (Wildman–Crippen MR) is 117 cm³/mol. The van der Waals surface area contributed by atoms with Crippen molar-refractivity contribution < 1.29 is 9.18 Å². The van der Waals surface area contributed by atoms with Gasteiger partial charge in [-0.2, -0.15) is 0 Å². The quantitative estimate of drug-likeness (QED) is 0.709. The normalized spacial score (nSPS) is 19.7. The predicted octanol–water partition coefficient (Wildman–Crippen LogP) is 4.92. The first-order valence-electron chi connectivity index (χ1n) is 10.2. The van der Waals surface area contributed by atoms with Crippen LogP contribution in [0.15, 0.2) is 60.2 Å². The van der Waals surface area contributed by atoms with Crippen LogP contribution in [0.1, 0.15) is 36.8 Å². The maximum absolute atomic E-state index is 13.1. The van der Waals surface area contributed by atoms with Gasteiger partial charge >= 0.3 is 0 Å². The molecule has 2 fully saturated rings. The van der Waals surface area contributed by atoms with Crippen molar-refractivity contribution >= 4 is 24.4 Å². The van der Waals surface area contributed by atoms with Crippen molar-refractivity contribution in [2.24, 2.45) is 0 Å². The lowest BCUT2D eigenvalue weighted by Crippen LogP contribution is -2.47. The van der Waals surface area contributed by atoms with Crippen molar-refractivity contribution in [2.45, 2.75) is 38.3 Å². The van der Waals surface area contributed by atoms with Crippen LogP contribution >= 0.6 is 12.4 Å². The molecule has 0 bridgehead atoms. The fourth-order valence-corrected chi connectivity index (χ4v) is 4.28. The van der Waals surface area contributed by atoms with E-state index in [0.29, 0.717) is 0 Å². The van der Waals surface area contributed by atoms with E-state index < -0.39 is 0 Å². The zero-order valence-corrected chi connectivity index (χ0v) is 17.4. The first-order chi connectivity index (χ1) is 13.7. The zero-order valence-electron chi connectivity index (χ0n) is 16.6. The van der Waals surface area contributed by atoms with Crippen molar-refractivity contribution in [2.75, 3.05) is 19.6 Å². The van der Waals surface area contributed by atoms with Crippen LogP contribution in [0.25, 0.3) is 6.08 Å². The number of amides is 1. The Balaban J connectivity index is 0.00000240. The van der Waals surface area contributed by atoms with E-state index in [1.165, 1.54) is 23.3 Å². The van der Waals surface area contributed by atoms with Crippen LogP contribution in [0.5, 0.6) is 0 Å². The van der Waals surface area contributed by atoms with Crippen LogP contribution < -0.4 is 0 Å². The third-order valence-electron chi connectivity index (χ3n) is 5.84. The number of carbonyl (C=O) groups is 1. The Bertz CT molecular complexity index is 828. The molecular formula is C24H28ClFN2O. The van der Waals surface area contributed by atoms with E-state index in [1.807, 2.05) is 11.0 Å². The molecule has 0 radical (unpaired) electrons. The molecule has 4 rings (SSSR count). The van der Waals surface area contributed by atoms with Gasteiger partial charge in [0, 0.05) is 19.6 Å². The van der Waals surface area contributed by atoms with Crippen molar-refractivity contribution in [1.29, 1.82) is 0 Å². The van der Waals surface area contributed by atoms with Gasteiger partial charge in [0.05, 0.1) is 6.04 Å². The summed E-state index contributed by atoms with van der Waals surface area (Å²) in [6.45, 7) is 3.40. The van der Waals surface area contributed by atoms with E-state index in [9.17, 15) is 9.18 Å². The molecule has 2 aromatic carbocycles. The molecule has 2 heterocycles. The summed E-state index contributed by atoms with van der Waals surface area (Å²) in [6.07, 6.45) is 5.98. The Morgan fingerprint density at radius 3 is 2.38 bits per heavy atom. The van der Waals surface area contributed by atoms with Gasteiger partial charge in [0.25, 0.3) is 0 Å². The number of hydrogen-bond acceptors (Lipinski definition) is 2. The minimum absolute atomic E-state index is 0. The molecule has 0 N–H and O–H groups in total. The van der Waals surface area contributed by atoms with E-state index in [0.717, 1.165) is 57.4 Å². The molecule has 0 spiro atoms. The van der Waals surface area contributed by atoms with Crippen molar-refractivity contribution in [1.82, 2.24) is 9.80 Å². The Labute approximate surface area is 178 Å².